The maximum absolute atomic E-state index is 13.4. The van der Waals surface area contributed by atoms with Crippen LogP contribution in [0.5, 0.6) is 0 Å². The average Bonchev–Trinajstić information content (AvgIpc) is 2.94. The van der Waals surface area contributed by atoms with Gasteiger partial charge in [-0.1, -0.05) is 43.6 Å². The van der Waals surface area contributed by atoms with E-state index >= 15 is 0 Å². The molecular formula is C31H32ClF6N3O2. The molecule has 2 amide bonds. The van der Waals surface area contributed by atoms with Crippen molar-refractivity contribution in [3.05, 3.63) is 99.8 Å². The molecule has 3 aromatic rings. The van der Waals surface area contributed by atoms with Gasteiger partial charge in [0.2, 0.25) is 5.91 Å². The number of halogens is 7. The first-order chi connectivity index (χ1) is 20.0. The van der Waals surface area contributed by atoms with Crippen LogP contribution in [0.4, 0.5) is 26.3 Å². The Morgan fingerprint density at radius 3 is 2.02 bits per heavy atom. The first-order valence-electron chi connectivity index (χ1n) is 13.5. The van der Waals surface area contributed by atoms with Gasteiger partial charge in [0.25, 0.3) is 5.91 Å². The Hall–Kier alpha value is -3.60. The lowest BCUT2D eigenvalue weighted by Crippen LogP contribution is -2.42. The molecule has 0 saturated heterocycles. The largest absolute Gasteiger partial charge is 0.416 e. The average molecular weight is 628 g/mol. The van der Waals surface area contributed by atoms with E-state index in [9.17, 15) is 35.9 Å². The molecule has 1 aromatic heterocycles. The molecule has 2 aromatic carbocycles. The first kappa shape index (κ1) is 33.9. The Morgan fingerprint density at radius 2 is 1.51 bits per heavy atom. The minimum Gasteiger partial charge on any atom is -0.353 e. The molecule has 5 nitrogen and oxygen atoms in total. The highest BCUT2D eigenvalue weighted by molar-refractivity contribution is 6.30. The van der Waals surface area contributed by atoms with E-state index in [1.165, 1.54) is 7.05 Å². The van der Waals surface area contributed by atoms with Crippen LogP contribution in [0.25, 0.3) is 0 Å². The van der Waals surface area contributed by atoms with Gasteiger partial charge in [-0.3, -0.25) is 14.6 Å². The zero-order chi connectivity index (χ0) is 31.9. The summed E-state index contributed by atoms with van der Waals surface area (Å²) < 4.78 is 80.6. The summed E-state index contributed by atoms with van der Waals surface area (Å²) in [6, 6.07) is 11.9. The van der Waals surface area contributed by atoms with E-state index in [1.54, 1.807) is 36.5 Å². The number of aromatic nitrogens is 1. The van der Waals surface area contributed by atoms with Gasteiger partial charge in [0.15, 0.2) is 0 Å². The van der Waals surface area contributed by atoms with Crippen molar-refractivity contribution in [1.82, 2.24) is 15.2 Å². The molecule has 0 aliphatic carbocycles. The molecular weight excluding hydrogens is 596 g/mol. The number of benzene rings is 2. The highest BCUT2D eigenvalue weighted by Gasteiger charge is 2.38. The molecule has 0 bridgehead atoms. The van der Waals surface area contributed by atoms with Crippen molar-refractivity contribution >= 4 is 23.4 Å². The quantitative estimate of drug-likeness (QED) is 0.223. The number of rotatable bonds is 11. The van der Waals surface area contributed by atoms with E-state index < -0.39 is 41.0 Å². The summed E-state index contributed by atoms with van der Waals surface area (Å²) in [6.45, 7) is 3.90. The fraction of sp³-hybridized carbons (Fsp3) is 0.387. The van der Waals surface area contributed by atoms with E-state index in [0.29, 0.717) is 29.1 Å². The molecule has 0 fully saturated rings. The lowest BCUT2D eigenvalue weighted by atomic mass is 9.97. The fourth-order valence-electron chi connectivity index (χ4n) is 4.55. The zero-order valence-electron chi connectivity index (χ0n) is 23.8. The molecule has 3 rings (SSSR count). The minimum absolute atomic E-state index is 0.0254. The topological polar surface area (TPSA) is 62.3 Å². The van der Waals surface area contributed by atoms with Crippen molar-refractivity contribution in [2.45, 2.75) is 64.0 Å². The van der Waals surface area contributed by atoms with Crippen LogP contribution in [0.15, 0.2) is 66.9 Å². The van der Waals surface area contributed by atoms with Gasteiger partial charge in [-0.2, -0.15) is 26.3 Å². The molecule has 0 radical (unpaired) electrons. The smallest absolute Gasteiger partial charge is 0.353 e. The van der Waals surface area contributed by atoms with E-state index in [0.717, 1.165) is 10.6 Å². The Kier molecular flexibility index (Phi) is 11.2. The van der Waals surface area contributed by atoms with Crippen LogP contribution in [0.2, 0.25) is 5.02 Å². The lowest BCUT2D eigenvalue weighted by Gasteiger charge is -2.29. The maximum atomic E-state index is 13.4. The second-order valence-electron chi connectivity index (χ2n) is 10.7. The Labute approximate surface area is 251 Å². The number of alkyl halides is 6. The summed E-state index contributed by atoms with van der Waals surface area (Å²) in [5.74, 6) is -1.27. The Balaban J connectivity index is 1.84. The second kappa shape index (κ2) is 14.2. The van der Waals surface area contributed by atoms with Crippen LogP contribution in [0.3, 0.4) is 0 Å². The molecule has 43 heavy (non-hydrogen) atoms. The van der Waals surface area contributed by atoms with Gasteiger partial charge in [-0.05, 0) is 66.8 Å². The van der Waals surface area contributed by atoms with Crippen LogP contribution in [-0.4, -0.2) is 40.8 Å². The number of nitrogens with one attached hydrogen (secondary N) is 1. The predicted octanol–water partition coefficient (Wildman–Crippen LogP) is 7.62. The van der Waals surface area contributed by atoms with Gasteiger partial charge >= 0.3 is 12.4 Å². The molecule has 0 spiro atoms. The van der Waals surface area contributed by atoms with Crippen LogP contribution < -0.4 is 5.32 Å². The maximum Gasteiger partial charge on any atom is 0.416 e. The first-order valence-corrected chi connectivity index (χ1v) is 13.9. The molecule has 0 aliphatic heterocycles. The highest BCUT2D eigenvalue weighted by Crippen LogP contribution is 2.36. The standard InChI is InChI=1S/C31H32ClF6N3O2/c1-19(2)27(18-25-6-4-5-13-39-25)40-28(42)12-11-26(14-20-7-9-24(32)10-8-20)41(3)29(43)21-15-22(30(33,34)35)17-23(16-21)31(36,37)38/h4-10,13,15-17,19,26-27H,11-12,14,18H2,1-3H3,(H,40,42). The number of pyridine rings is 1. The molecule has 0 aliphatic rings. The summed E-state index contributed by atoms with van der Waals surface area (Å²) in [5, 5.41) is 3.45. The number of carbonyl (C=O) groups is 2. The monoisotopic (exact) mass is 627 g/mol. The van der Waals surface area contributed by atoms with Gasteiger partial charge in [0.05, 0.1) is 11.1 Å². The van der Waals surface area contributed by atoms with Crippen LogP contribution >= 0.6 is 11.6 Å². The molecule has 2 atom stereocenters. The normalized spacial score (nSPS) is 13.5. The lowest BCUT2D eigenvalue weighted by molar-refractivity contribution is -0.143. The summed E-state index contributed by atoms with van der Waals surface area (Å²) in [5.41, 5.74) is -2.41. The minimum atomic E-state index is -5.10. The third-order valence-corrected chi connectivity index (χ3v) is 7.35. The molecule has 1 heterocycles. The number of carbonyl (C=O) groups excluding carboxylic acids is 2. The van der Waals surface area contributed by atoms with Gasteiger partial charge in [-0.25, -0.2) is 0 Å². The fourth-order valence-corrected chi connectivity index (χ4v) is 4.67. The van der Waals surface area contributed by atoms with Crippen molar-refractivity contribution < 1.29 is 35.9 Å². The molecule has 2 unspecified atom stereocenters. The summed E-state index contributed by atoms with van der Waals surface area (Å²) >= 11 is 5.97. The number of hydrogen-bond acceptors (Lipinski definition) is 3. The zero-order valence-corrected chi connectivity index (χ0v) is 24.5. The summed E-state index contributed by atoms with van der Waals surface area (Å²) in [7, 11) is 1.30. The number of likely N-dealkylation sites (N-methyl/N-ethyl adjacent to an activating group) is 1. The van der Waals surface area contributed by atoms with Crippen molar-refractivity contribution in [2.24, 2.45) is 5.92 Å². The van der Waals surface area contributed by atoms with Gasteiger partial charge in [0, 0.05) is 54.4 Å². The van der Waals surface area contributed by atoms with E-state index in [2.05, 4.69) is 10.3 Å². The van der Waals surface area contributed by atoms with Crippen molar-refractivity contribution in [3.63, 3.8) is 0 Å². The van der Waals surface area contributed by atoms with Crippen LogP contribution in [0.1, 0.15) is 59.4 Å². The van der Waals surface area contributed by atoms with E-state index in [1.807, 2.05) is 26.0 Å². The molecule has 1 N–H and O–H groups in total. The Bertz CT molecular complexity index is 1350. The predicted molar refractivity (Wildman–Crippen MR) is 151 cm³/mol. The summed E-state index contributed by atoms with van der Waals surface area (Å²) in [6.07, 6.45) is -7.82. The SMILES string of the molecule is CC(C)C(Cc1ccccn1)NC(=O)CCC(Cc1ccc(Cl)cc1)N(C)C(=O)c1cc(C(F)(F)F)cc(C(F)(F)F)c1. The second-order valence-corrected chi connectivity index (χ2v) is 11.1. The van der Waals surface area contributed by atoms with E-state index in [-0.39, 0.29) is 43.2 Å². The van der Waals surface area contributed by atoms with Crippen molar-refractivity contribution in [2.75, 3.05) is 7.05 Å². The molecule has 0 saturated carbocycles. The third kappa shape index (κ3) is 9.98. The van der Waals surface area contributed by atoms with Gasteiger partial charge in [0.1, 0.15) is 0 Å². The van der Waals surface area contributed by atoms with Crippen molar-refractivity contribution in [1.29, 1.82) is 0 Å². The number of nitrogens with zero attached hydrogens (tertiary/aromatic N) is 2. The number of amides is 2. The Morgan fingerprint density at radius 1 is 0.907 bits per heavy atom. The number of hydrogen-bond donors (Lipinski definition) is 1. The highest BCUT2D eigenvalue weighted by atomic mass is 35.5. The molecule has 12 heteroatoms. The van der Waals surface area contributed by atoms with Crippen molar-refractivity contribution in [3.8, 4) is 0 Å². The van der Waals surface area contributed by atoms with Crippen LogP contribution in [0, 0.1) is 5.92 Å². The van der Waals surface area contributed by atoms with Gasteiger partial charge in [-0.15, -0.1) is 0 Å². The van der Waals surface area contributed by atoms with Gasteiger partial charge < -0.3 is 10.2 Å². The summed E-state index contributed by atoms with van der Waals surface area (Å²) in [4.78, 5) is 31.8. The molecule has 232 valence electrons. The third-order valence-electron chi connectivity index (χ3n) is 7.10. The van der Waals surface area contributed by atoms with E-state index in [4.69, 9.17) is 11.6 Å². The van der Waals surface area contributed by atoms with Crippen LogP contribution in [-0.2, 0) is 30.0 Å².